The second-order valence-electron chi connectivity index (χ2n) is 5.70. The highest BCUT2D eigenvalue weighted by molar-refractivity contribution is 7.10. The summed E-state index contributed by atoms with van der Waals surface area (Å²) in [4.78, 5) is 1.08. The zero-order chi connectivity index (χ0) is 13.0. The smallest absolute Gasteiger partial charge is 0.0896 e. The van der Waals surface area contributed by atoms with E-state index in [0.717, 1.165) is 17.2 Å². The highest BCUT2D eigenvalue weighted by atomic mass is 32.1. The summed E-state index contributed by atoms with van der Waals surface area (Å²) in [6, 6.07) is 5.05. The van der Waals surface area contributed by atoms with Crippen molar-refractivity contribution in [2.45, 2.75) is 64.1 Å². The van der Waals surface area contributed by atoms with Crippen LogP contribution in [0.15, 0.2) is 17.5 Å². The van der Waals surface area contributed by atoms with Crippen LogP contribution in [0.5, 0.6) is 0 Å². The molecule has 0 spiro atoms. The summed E-state index contributed by atoms with van der Waals surface area (Å²) >= 11 is 1.64. The minimum absolute atomic E-state index is 0.314. The summed E-state index contributed by atoms with van der Waals surface area (Å²) in [6.07, 6.45) is 5.86. The molecule has 18 heavy (non-hydrogen) atoms. The Kier molecular flexibility index (Phi) is 5.22. The first-order valence-corrected chi connectivity index (χ1v) is 8.02. The van der Waals surface area contributed by atoms with Crippen molar-refractivity contribution in [1.82, 2.24) is 5.32 Å². The second-order valence-corrected chi connectivity index (χ2v) is 6.68. The summed E-state index contributed by atoms with van der Waals surface area (Å²) in [5.41, 5.74) is 0. The minimum Gasteiger partial charge on any atom is -0.388 e. The molecule has 0 radical (unpaired) electrons. The molecule has 0 amide bonds. The van der Waals surface area contributed by atoms with Gasteiger partial charge in [0, 0.05) is 17.0 Å². The molecule has 0 aromatic carbocycles. The van der Waals surface area contributed by atoms with E-state index >= 15 is 0 Å². The Balaban J connectivity index is 1.79. The van der Waals surface area contributed by atoms with Crippen LogP contribution < -0.4 is 5.32 Å². The first-order valence-electron chi connectivity index (χ1n) is 7.14. The van der Waals surface area contributed by atoms with Gasteiger partial charge in [0.15, 0.2) is 0 Å². The third-order valence-electron chi connectivity index (χ3n) is 4.06. The first kappa shape index (κ1) is 14.0. The molecule has 1 aliphatic carbocycles. The maximum atomic E-state index is 10.1. The van der Waals surface area contributed by atoms with Crippen molar-refractivity contribution in [3.63, 3.8) is 0 Å². The van der Waals surface area contributed by atoms with E-state index in [2.05, 4.69) is 19.2 Å². The van der Waals surface area contributed by atoms with Crippen LogP contribution >= 0.6 is 11.3 Å². The number of hydrogen-bond donors (Lipinski definition) is 2. The molecule has 1 aliphatic rings. The van der Waals surface area contributed by atoms with Crippen molar-refractivity contribution in [2.24, 2.45) is 5.92 Å². The van der Waals surface area contributed by atoms with Crippen LogP contribution in [0.25, 0.3) is 0 Å². The fourth-order valence-electron chi connectivity index (χ4n) is 2.93. The normalized spacial score (nSPS) is 27.9. The fourth-order valence-corrected chi connectivity index (χ4v) is 3.65. The topological polar surface area (TPSA) is 32.3 Å². The number of aliphatic hydroxyl groups excluding tert-OH is 1. The van der Waals surface area contributed by atoms with Gasteiger partial charge in [0.25, 0.3) is 0 Å². The molecule has 0 bridgehead atoms. The van der Waals surface area contributed by atoms with E-state index in [0.29, 0.717) is 12.1 Å². The minimum atomic E-state index is -0.314. The first-order chi connectivity index (χ1) is 8.66. The van der Waals surface area contributed by atoms with E-state index in [1.165, 1.54) is 25.7 Å². The fraction of sp³-hybridized carbons (Fsp3) is 0.733. The van der Waals surface area contributed by atoms with Gasteiger partial charge in [0.2, 0.25) is 0 Å². The van der Waals surface area contributed by atoms with Gasteiger partial charge in [-0.2, -0.15) is 0 Å². The summed E-state index contributed by atoms with van der Waals surface area (Å²) < 4.78 is 0. The van der Waals surface area contributed by atoms with Gasteiger partial charge >= 0.3 is 0 Å². The molecule has 1 aromatic rings. The SMILES string of the molecule is CC(CC(O)c1cccs1)NC1CCCCC1C. The zero-order valence-corrected chi connectivity index (χ0v) is 12.2. The van der Waals surface area contributed by atoms with Crippen molar-refractivity contribution >= 4 is 11.3 Å². The van der Waals surface area contributed by atoms with Gasteiger partial charge in [-0.05, 0) is 43.6 Å². The molecular weight excluding hydrogens is 242 g/mol. The molecule has 2 nitrogen and oxygen atoms in total. The molecule has 102 valence electrons. The van der Waals surface area contributed by atoms with Crippen molar-refractivity contribution < 1.29 is 5.11 Å². The van der Waals surface area contributed by atoms with Crippen LogP contribution in [0, 0.1) is 5.92 Å². The molecule has 1 fully saturated rings. The second kappa shape index (κ2) is 6.69. The largest absolute Gasteiger partial charge is 0.388 e. The van der Waals surface area contributed by atoms with Crippen molar-refractivity contribution in [1.29, 1.82) is 0 Å². The van der Waals surface area contributed by atoms with Gasteiger partial charge in [0.05, 0.1) is 6.10 Å². The van der Waals surface area contributed by atoms with Crippen molar-refractivity contribution in [3.8, 4) is 0 Å². The lowest BCUT2D eigenvalue weighted by molar-refractivity contribution is 0.148. The Labute approximate surface area is 114 Å². The van der Waals surface area contributed by atoms with Gasteiger partial charge in [-0.15, -0.1) is 11.3 Å². The Morgan fingerprint density at radius 2 is 2.22 bits per heavy atom. The summed E-state index contributed by atoms with van der Waals surface area (Å²) in [5.74, 6) is 0.778. The predicted octanol–water partition coefficient (Wildman–Crippen LogP) is 3.73. The van der Waals surface area contributed by atoms with E-state index in [4.69, 9.17) is 0 Å². The third-order valence-corrected chi connectivity index (χ3v) is 5.03. The Hall–Kier alpha value is -0.380. The van der Waals surface area contributed by atoms with Crippen LogP contribution in [-0.4, -0.2) is 17.2 Å². The quantitative estimate of drug-likeness (QED) is 0.852. The number of thiophene rings is 1. The number of aliphatic hydroxyl groups is 1. The van der Waals surface area contributed by atoms with Crippen LogP contribution in [0.2, 0.25) is 0 Å². The highest BCUT2D eigenvalue weighted by Gasteiger charge is 2.23. The van der Waals surface area contributed by atoms with E-state index in [9.17, 15) is 5.11 Å². The van der Waals surface area contributed by atoms with E-state index < -0.39 is 0 Å². The molecule has 0 saturated heterocycles. The molecular formula is C15H25NOS. The molecule has 4 atom stereocenters. The predicted molar refractivity (Wildman–Crippen MR) is 77.9 cm³/mol. The van der Waals surface area contributed by atoms with Crippen LogP contribution in [0.3, 0.4) is 0 Å². The van der Waals surface area contributed by atoms with Gasteiger partial charge in [-0.3, -0.25) is 0 Å². The number of hydrogen-bond acceptors (Lipinski definition) is 3. The van der Waals surface area contributed by atoms with Gasteiger partial charge < -0.3 is 10.4 Å². The standard InChI is InChI=1S/C15H25NOS/c1-11-6-3-4-7-13(11)16-12(2)10-14(17)15-8-5-9-18-15/h5,8-9,11-14,16-17H,3-4,6-7,10H2,1-2H3. The van der Waals surface area contributed by atoms with Crippen molar-refractivity contribution in [2.75, 3.05) is 0 Å². The number of rotatable bonds is 5. The highest BCUT2D eigenvalue weighted by Crippen LogP contribution is 2.26. The van der Waals surface area contributed by atoms with Gasteiger partial charge in [-0.1, -0.05) is 25.8 Å². The Morgan fingerprint density at radius 3 is 2.89 bits per heavy atom. The average molecular weight is 267 g/mol. The van der Waals surface area contributed by atoms with E-state index in [1.54, 1.807) is 11.3 Å². The number of nitrogens with one attached hydrogen (secondary N) is 1. The maximum absolute atomic E-state index is 10.1. The monoisotopic (exact) mass is 267 g/mol. The Bertz CT molecular complexity index is 338. The lowest BCUT2D eigenvalue weighted by Crippen LogP contribution is -2.42. The van der Waals surface area contributed by atoms with Gasteiger partial charge in [0.1, 0.15) is 0 Å². The third kappa shape index (κ3) is 3.81. The van der Waals surface area contributed by atoms with E-state index in [1.807, 2.05) is 17.5 Å². The molecule has 1 aromatic heterocycles. The molecule has 4 unspecified atom stereocenters. The summed E-state index contributed by atoms with van der Waals surface area (Å²) in [5, 5.41) is 15.9. The van der Waals surface area contributed by atoms with Crippen LogP contribution in [0.4, 0.5) is 0 Å². The van der Waals surface area contributed by atoms with Crippen molar-refractivity contribution in [3.05, 3.63) is 22.4 Å². The average Bonchev–Trinajstić information content (AvgIpc) is 2.85. The van der Waals surface area contributed by atoms with Gasteiger partial charge in [-0.25, -0.2) is 0 Å². The molecule has 1 heterocycles. The molecule has 3 heteroatoms. The summed E-state index contributed by atoms with van der Waals surface area (Å²) in [7, 11) is 0. The Morgan fingerprint density at radius 1 is 1.44 bits per heavy atom. The molecule has 2 rings (SSSR count). The lowest BCUT2D eigenvalue weighted by Gasteiger charge is -2.32. The zero-order valence-electron chi connectivity index (χ0n) is 11.4. The molecule has 1 saturated carbocycles. The molecule has 2 N–H and O–H groups in total. The van der Waals surface area contributed by atoms with Crippen LogP contribution in [-0.2, 0) is 0 Å². The van der Waals surface area contributed by atoms with Crippen LogP contribution in [0.1, 0.15) is 56.9 Å². The lowest BCUT2D eigenvalue weighted by atomic mass is 9.85. The molecule has 0 aliphatic heterocycles. The van der Waals surface area contributed by atoms with E-state index in [-0.39, 0.29) is 6.10 Å². The maximum Gasteiger partial charge on any atom is 0.0896 e. The summed E-state index contributed by atoms with van der Waals surface area (Å²) in [6.45, 7) is 4.54.